The van der Waals surface area contributed by atoms with Crippen LogP contribution in [0.15, 0.2) is 72.4 Å². The zero-order valence-corrected chi connectivity index (χ0v) is 23.4. The van der Waals surface area contributed by atoms with Gasteiger partial charge in [-0.15, -0.1) is 22.7 Å². The van der Waals surface area contributed by atoms with E-state index in [1.807, 2.05) is 30.3 Å². The molecule has 0 saturated heterocycles. The molecule has 2 aromatic heterocycles. The summed E-state index contributed by atoms with van der Waals surface area (Å²) in [7, 11) is 0. The van der Waals surface area contributed by atoms with E-state index in [-0.39, 0.29) is 35.9 Å². The van der Waals surface area contributed by atoms with Crippen LogP contribution < -0.4 is 10.6 Å². The number of hydrogen-bond donors (Lipinski definition) is 3. The number of aryl methyl sites for hydroxylation is 1. The lowest BCUT2D eigenvalue weighted by Crippen LogP contribution is -2.51. The molecule has 40 heavy (non-hydrogen) atoms. The number of carbonyl (C=O) groups is 3. The predicted octanol–water partition coefficient (Wildman–Crippen LogP) is 4.67. The topological polar surface area (TPSA) is 121 Å². The van der Waals surface area contributed by atoms with E-state index < -0.39 is 30.0 Å². The van der Waals surface area contributed by atoms with Crippen molar-refractivity contribution in [2.45, 2.75) is 50.8 Å². The van der Waals surface area contributed by atoms with Crippen LogP contribution in [0.3, 0.4) is 0 Å². The Bertz CT molecular complexity index is 1410. The molecule has 208 valence electrons. The van der Waals surface area contributed by atoms with E-state index in [2.05, 4.69) is 20.6 Å². The van der Waals surface area contributed by atoms with Crippen molar-refractivity contribution in [2.24, 2.45) is 0 Å². The van der Waals surface area contributed by atoms with Gasteiger partial charge in [-0.25, -0.2) is 14.4 Å². The van der Waals surface area contributed by atoms with Gasteiger partial charge in [-0.2, -0.15) is 0 Å². The number of carbonyl (C=O) groups excluding carboxylic acids is 3. The van der Waals surface area contributed by atoms with E-state index in [1.165, 1.54) is 47.2 Å². The maximum absolute atomic E-state index is 13.5. The standard InChI is InChI=1S/C29H29FN4O4S2/c1-18(35)7-13-23(34-27(38)24-17-32-28(40-24)20-5-3-2-4-6-20)26(37)33-22(25(36)29-31-15-16-39-29)14-10-19-8-11-21(30)12-9-19/h2-6,8-9,11-12,15-18,22-23,35H,7,10,13-14H2,1H3,(H,33,37)(H,34,38)/t18?,22-,23-/m0/s1. The van der Waals surface area contributed by atoms with Crippen molar-refractivity contribution in [1.29, 1.82) is 0 Å². The first-order valence-corrected chi connectivity index (χ1v) is 14.5. The minimum atomic E-state index is -0.998. The smallest absolute Gasteiger partial charge is 0.263 e. The second-order valence-electron chi connectivity index (χ2n) is 9.28. The fraction of sp³-hybridized carbons (Fsp3) is 0.276. The summed E-state index contributed by atoms with van der Waals surface area (Å²) in [5.74, 6) is -1.72. The molecule has 0 fully saturated rings. The average molecular weight is 581 g/mol. The van der Waals surface area contributed by atoms with Crippen molar-refractivity contribution in [2.75, 3.05) is 0 Å². The molecule has 3 atom stereocenters. The molecule has 4 aromatic rings. The van der Waals surface area contributed by atoms with E-state index in [4.69, 9.17) is 0 Å². The van der Waals surface area contributed by atoms with Gasteiger partial charge in [0.1, 0.15) is 21.7 Å². The fourth-order valence-corrected chi connectivity index (χ4v) is 5.45. The molecule has 4 rings (SSSR count). The Morgan fingerprint density at radius 2 is 1.70 bits per heavy atom. The number of benzene rings is 2. The number of ketones is 1. The summed E-state index contributed by atoms with van der Waals surface area (Å²) in [4.78, 5) is 48.5. The number of aliphatic hydroxyl groups is 1. The molecule has 0 saturated carbocycles. The summed E-state index contributed by atoms with van der Waals surface area (Å²) in [6, 6.07) is 13.5. The van der Waals surface area contributed by atoms with Crippen molar-refractivity contribution in [1.82, 2.24) is 20.6 Å². The molecule has 11 heteroatoms. The molecule has 2 heterocycles. The molecule has 2 aromatic carbocycles. The SMILES string of the molecule is CC(O)CC[C@H](NC(=O)c1cnc(-c2ccccc2)s1)C(=O)N[C@@H](CCc1ccc(F)cc1)C(=O)c1nccs1. The van der Waals surface area contributed by atoms with E-state index in [0.29, 0.717) is 16.3 Å². The van der Waals surface area contributed by atoms with Crippen molar-refractivity contribution < 1.29 is 23.9 Å². The van der Waals surface area contributed by atoms with Crippen molar-refractivity contribution >= 4 is 40.3 Å². The number of rotatable bonds is 13. The maximum atomic E-state index is 13.5. The average Bonchev–Trinajstić information content (AvgIpc) is 3.67. The molecular weight excluding hydrogens is 551 g/mol. The van der Waals surface area contributed by atoms with Gasteiger partial charge in [0.2, 0.25) is 11.7 Å². The normalized spacial score (nSPS) is 13.3. The molecule has 0 spiro atoms. The van der Waals surface area contributed by atoms with E-state index in [9.17, 15) is 23.9 Å². The molecule has 0 bridgehead atoms. The highest BCUT2D eigenvalue weighted by Gasteiger charge is 2.29. The van der Waals surface area contributed by atoms with Crippen LogP contribution in [0.1, 0.15) is 51.2 Å². The van der Waals surface area contributed by atoms with Crippen molar-refractivity contribution in [3.63, 3.8) is 0 Å². The van der Waals surface area contributed by atoms with Crippen LogP contribution in [0.4, 0.5) is 4.39 Å². The Morgan fingerprint density at radius 1 is 0.950 bits per heavy atom. The zero-order valence-electron chi connectivity index (χ0n) is 21.7. The molecule has 0 aliphatic heterocycles. The van der Waals surface area contributed by atoms with Crippen LogP contribution in [0, 0.1) is 5.82 Å². The predicted molar refractivity (Wildman–Crippen MR) is 153 cm³/mol. The van der Waals surface area contributed by atoms with Crippen molar-refractivity contribution in [3.05, 3.63) is 93.6 Å². The molecule has 0 radical (unpaired) electrons. The van der Waals surface area contributed by atoms with Gasteiger partial charge < -0.3 is 15.7 Å². The highest BCUT2D eigenvalue weighted by molar-refractivity contribution is 7.16. The molecule has 2 amide bonds. The van der Waals surface area contributed by atoms with Crippen molar-refractivity contribution in [3.8, 4) is 10.6 Å². The molecular formula is C29H29FN4O4S2. The van der Waals surface area contributed by atoms with Gasteiger partial charge in [-0.05, 0) is 50.3 Å². The molecule has 0 aliphatic carbocycles. The van der Waals surface area contributed by atoms with Gasteiger partial charge in [-0.1, -0.05) is 42.5 Å². The second-order valence-corrected chi connectivity index (χ2v) is 11.2. The van der Waals surface area contributed by atoms with Crippen LogP contribution in [-0.2, 0) is 11.2 Å². The second kappa shape index (κ2) is 14.0. The van der Waals surface area contributed by atoms with Crippen LogP contribution in [-0.4, -0.2) is 50.9 Å². The molecule has 0 aliphatic rings. The number of nitrogens with one attached hydrogen (secondary N) is 2. The number of aromatic nitrogens is 2. The minimum Gasteiger partial charge on any atom is -0.393 e. The van der Waals surface area contributed by atoms with E-state index >= 15 is 0 Å². The Balaban J connectivity index is 1.49. The first-order valence-electron chi connectivity index (χ1n) is 12.8. The zero-order chi connectivity index (χ0) is 28.5. The largest absolute Gasteiger partial charge is 0.393 e. The van der Waals surface area contributed by atoms with Crippen LogP contribution in [0.25, 0.3) is 10.6 Å². The first kappa shape index (κ1) is 29.2. The summed E-state index contributed by atoms with van der Waals surface area (Å²) < 4.78 is 13.3. The fourth-order valence-electron chi connectivity index (χ4n) is 4.00. The summed E-state index contributed by atoms with van der Waals surface area (Å²) in [5, 5.41) is 18.0. The third-order valence-electron chi connectivity index (χ3n) is 6.16. The van der Waals surface area contributed by atoms with Gasteiger partial charge >= 0.3 is 0 Å². The van der Waals surface area contributed by atoms with Crippen LogP contribution in [0.5, 0.6) is 0 Å². The number of aliphatic hydroxyl groups excluding tert-OH is 1. The number of amides is 2. The Labute approximate surface area is 239 Å². The van der Waals surface area contributed by atoms with Gasteiger partial charge in [-0.3, -0.25) is 14.4 Å². The lowest BCUT2D eigenvalue weighted by molar-refractivity contribution is -0.123. The van der Waals surface area contributed by atoms with Gasteiger partial charge in [0.25, 0.3) is 5.91 Å². The van der Waals surface area contributed by atoms with E-state index in [0.717, 1.165) is 11.1 Å². The lowest BCUT2D eigenvalue weighted by Gasteiger charge is -2.23. The Hall–Kier alpha value is -3.80. The third-order valence-corrected chi connectivity index (χ3v) is 7.99. The van der Waals surface area contributed by atoms with Gasteiger partial charge in [0.15, 0.2) is 5.01 Å². The number of halogens is 1. The lowest BCUT2D eigenvalue weighted by atomic mass is 10.0. The van der Waals surface area contributed by atoms with Crippen LogP contribution in [0.2, 0.25) is 0 Å². The highest BCUT2D eigenvalue weighted by atomic mass is 32.1. The molecule has 1 unspecified atom stereocenters. The number of thiazole rings is 2. The number of nitrogens with zero attached hydrogens (tertiary/aromatic N) is 2. The monoisotopic (exact) mass is 580 g/mol. The summed E-state index contributed by atoms with van der Waals surface area (Å²) in [6.45, 7) is 1.60. The number of hydrogen-bond acceptors (Lipinski definition) is 8. The van der Waals surface area contributed by atoms with Crippen LogP contribution >= 0.6 is 22.7 Å². The van der Waals surface area contributed by atoms with E-state index in [1.54, 1.807) is 24.4 Å². The quantitative estimate of drug-likeness (QED) is 0.198. The number of Topliss-reactive ketones (excluding diaryl/α,β-unsaturated/α-hetero) is 1. The molecule has 3 N–H and O–H groups in total. The van der Waals surface area contributed by atoms with Gasteiger partial charge in [0.05, 0.1) is 18.3 Å². The third kappa shape index (κ3) is 8.10. The summed E-state index contributed by atoms with van der Waals surface area (Å²) in [6.07, 6.45) is 3.38. The summed E-state index contributed by atoms with van der Waals surface area (Å²) >= 11 is 2.38. The maximum Gasteiger partial charge on any atom is 0.263 e. The minimum absolute atomic E-state index is 0.162. The first-order chi connectivity index (χ1) is 19.3. The Morgan fingerprint density at radius 3 is 2.38 bits per heavy atom. The summed E-state index contributed by atoms with van der Waals surface area (Å²) in [5.41, 5.74) is 1.69. The Kier molecular flexibility index (Phi) is 10.2. The highest BCUT2D eigenvalue weighted by Crippen LogP contribution is 2.25. The van der Waals surface area contributed by atoms with Gasteiger partial charge in [0, 0.05) is 17.1 Å². The molecule has 8 nitrogen and oxygen atoms in total.